The maximum atomic E-state index is 9.95. The molecule has 0 aromatic heterocycles. The van der Waals surface area contributed by atoms with Gasteiger partial charge in [-0.15, -0.1) is 34.8 Å². The zero-order valence-electron chi connectivity index (χ0n) is 10.4. The third-order valence-corrected chi connectivity index (χ3v) is 15.7. The van der Waals surface area contributed by atoms with Crippen LogP contribution in [-0.2, 0) is 12.7 Å². The highest BCUT2D eigenvalue weighted by molar-refractivity contribution is 6.90. The van der Waals surface area contributed by atoms with Gasteiger partial charge in [0.1, 0.15) is 0 Å². The number of alkyl halides is 3. The van der Waals surface area contributed by atoms with Gasteiger partial charge in [-0.2, -0.15) is 0 Å². The number of rotatable bonds is 8. The summed E-state index contributed by atoms with van der Waals surface area (Å²) < 4.78 is 16.9. The highest BCUT2D eigenvalue weighted by Gasteiger charge is 2.46. The Hall–Kier alpha value is 1.36. The van der Waals surface area contributed by atoms with Gasteiger partial charge in [0.25, 0.3) is 0 Å². The Morgan fingerprint density at radius 3 is 1.65 bits per heavy atom. The van der Waals surface area contributed by atoms with E-state index >= 15 is 0 Å². The summed E-state index contributed by atoms with van der Waals surface area (Å²) in [5.41, 5.74) is 0.536. The maximum Gasteiger partial charge on any atom is 0.341 e. The summed E-state index contributed by atoms with van der Waals surface area (Å²) >= 11 is 17.4. The van der Waals surface area contributed by atoms with Gasteiger partial charge in [-0.25, -0.2) is 0 Å². The first-order valence-electron chi connectivity index (χ1n) is 5.01. The van der Waals surface area contributed by atoms with Crippen LogP contribution in [0.15, 0.2) is 0 Å². The van der Waals surface area contributed by atoms with Gasteiger partial charge in [0.15, 0.2) is 0 Å². The molecule has 0 radical (unpaired) electrons. The predicted octanol–water partition coefficient (Wildman–Crippen LogP) is 2.21. The van der Waals surface area contributed by atoms with Crippen LogP contribution in [0.3, 0.4) is 0 Å². The van der Waals surface area contributed by atoms with Gasteiger partial charge in [-0.05, 0) is 19.6 Å². The molecule has 0 aliphatic heterocycles. The minimum absolute atomic E-state index is 0.0714. The maximum absolute atomic E-state index is 9.95. The van der Waals surface area contributed by atoms with Crippen LogP contribution >= 0.6 is 34.8 Å². The Morgan fingerprint density at radius 2 is 1.35 bits per heavy atom. The molecule has 0 aliphatic carbocycles. The summed E-state index contributed by atoms with van der Waals surface area (Å²) in [4.78, 5) is 9.95. The molecule has 0 aliphatic rings. The second-order valence-electron chi connectivity index (χ2n) is 4.25. The summed E-state index contributed by atoms with van der Waals surface area (Å²) in [6, 6.07) is 0. The third-order valence-electron chi connectivity index (χ3n) is 2.03. The molecule has 10 heteroatoms. The van der Waals surface area contributed by atoms with E-state index in [1.54, 1.807) is 20.2 Å². The number of hydrogen-bond donors (Lipinski definition) is 1. The molecular formula is C7H19Cl3O4Si3. The smallest absolute Gasteiger partial charge is 0.341 e. The van der Waals surface area contributed by atoms with Crippen LogP contribution in [-0.4, -0.2) is 54.1 Å². The molecule has 0 aromatic carbocycles. The average Bonchev–Trinajstić information content (AvgIpc) is 2.28. The van der Waals surface area contributed by atoms with E-state index in [0.29, 0.717) is 0 Å². The third kappa shape index (κ3) is 6.37. The molecule has 0 rings (SSSR count). The van der Waals surface area contributed by atoms with Gasteiger partial charge in [-0.1, -0.05) is 0 Å². The Labute approximate surface area is 121 Å². The highest BCUT2D eigenvalue weighted by Crippen LogP contribution is 2.22. The van der Waals surface area contributed by atoms with E-state index < -0.39 is 25.7 Å². The molecule has 104 valence electrons. The van der Waals surface area contributed by atoms with Crippen molar-refractivity contribution in [1.29, 1.82) is 0 Å². The Balaban J connectivity index is 4.79. The van der Waals surface area contributed by atoms with Gasteiger partial charge in [0, 0.05) is 7.11 Å². The van der Waals surface area contributed by atoms with Gasteiger partial charge >= 0.3 is 25.7 Å². The van der Waals surface area contributed by atoms with Crippen LogP contribution in [0.2, 0.25) is 19.6 Å². The fraction of sp³-hybridized carbons (Fsp3) is 1.00. The molecule has 0 heterocycles. The second kappa shape index (κ2) is 7.23. The second-order valence-corrected chi connectivity index (χ2v) is 16.4. The van der Waals surface area contributed by atoms with E-state index in [1.165, 1.54) is 0 Å². The molecule has 0 bridgehead atoms. The van der Waals surface area contributed by atoms with Crippen molar-refractivity contribution in [1.82, 2.24) is 0 Å². The Bertz CT molecular complexity index is 242. The van der Waals surface area contributed by atoms with Crippen molar-refractivity contribution in [2.45, 2.75) is 19.6 Å². The first kappa shape index (κ1) is 18.4. The van der Waals surface area contributed by atoms with E-state index in [0.717, 1.165) is 0 Å². The SMILES string of the molecule is CO[Si](C)(CCl)O[Si](C)(CCl)O[Si](C)(O)CCl. The van der Waals surface area contributed by atoms with Crippen molar-refractivity contribution < 1.29 is 17.5 Å². The summed E-state index contributed by atoms with van der Waals surface area (Å²) in [7, 11) is -6.56. The van der Waals surface area contributed by atoms with Crippen LogP contribution in [0.4, 0.5) is 0 Å². The minimum Gasteiger partial charge on any atom is -0.414 e. The van der Waals surface area contributed by atoms with Crippen molar-refractivity contribution in [3.63, 3.8) is 0 Å². The molecule has 1 N–H and O–H groups in total. The van der Waals surface area contributed by atoms with Crippen molar-refractivity contribution in [2.24, 2.45) is 0 Å². The van der Waals surface area contributed by atoms with Crippen LogP contribution in [0.5, 0.6) is 0 Å². The standard InChI is InChI=1S/C7H19Cl3O4Si3/c1-12-16(3,6-9)14-17(4,7-10)13-15(2,11)5-8/h11H,5-7H2,1-4H3. The average molecular weight is 358 g/mol. The molecule has 0 aromatic rings. The van der Waals surface area contributed by atoms with Gasteiger partial charge in [0.05, 0.1) is 16.5 Å². The topological polar surface area (TPSA) is 47.9 Å². The summed E-state index contributed by atoms with van der Waals surface area (Å²) in [6.45, 7) is 5.22. The quantitative estimate of drug-likeness (QED) is 0.534. The van der Waals surface area contributed by atoms with Crippen molar-refractivity contribution in [2.75, 3.05) is 23.6 Å². The van der Waals surface area contributed by atoms with E-state index in [-0.39, 0.29) is 16.5 Å². The summed E-state index contributed by atoms with van der Waals surface area (Å²) in [5.74, 6) is 0. The lowest BCUT2D eigenvalue weighted by molar-refractivity contribution is 0.262. The van der Waals surface area contributed by atoms with Gasteiger partial charge in [-0.3, -0.25) is 0 Å². The predicted molar refractivity (Wildman–Crippen MR) is 78.4 cm³/mol. The first-order valence-corrected chi connectivity index (χ1v) is 14.2. The van der Waals surface area contributed by atoms with Crippen LogP contribution in [0.1, 0.15) is 0 Å². The molecule has 0 fully saturated rings. The molecule has 0 amide bonds. The normalized spacial score (nSPS) is 22.6. The van der Waals surface area contributed by atoms with Crippen LogP contribution in [0, 0.1) is 0 Å². The van der Waals surface area contributed by atoms with E-state index in [1.807, 2.05) is 6.55 Å². The molecule has 3 atom stereocenters. The van der Waals surface area contributed by atoms with Gasteiger partial charge in [0.2, 0.25) is 0 Å². The van der Waals surface area contributed by atoms with Crippen molar-refractivity contribution in [3.05, 3.63) is 0 Å². The van der Waals surface area contributed by atoms with Crippen molar-refractivity contribution in [3.8, 4) is 0 Å². The van der Waals surface area contributed by atoms with E-state index in [4.69, 9.17) is 47.5 Å². The largest absolute Gasteiger partial charge is 0.414 e. The Kier molecular flexibility index (Phi) is 7.80. The van der Waals surface area contributed by atoms with Crippen molar-refractivity contribution >= 4 is 60.5 Å². The minimum atomic E-state index is -2.92. The van der Waals surface area contributed by atoms with Crippen LogP contribution < -0.4 is 0 Å². The van der Waals surface area contributed by atoms with E-state index in [9.17, 15) is 4.80 Å². The number of halogens is 3. The highest BCUT2D eigenvalue weighted by atomic mass is 35.5. The monoisotopic (exact) mass is 356 g/mol. The lowest BCUT2D eigenvalue weighted by atomic mass is 11.8. The molecule has 0 spiro atoms. The van der Waals surface area contributed by atoms with Crippen LogP contribution in [0.25, 0.3) is 0 Å². The zero-order valence-corrected chi connectivity index (χ0v) is 15.7. The molecule has 0 saturated heterocycles. The molecule has 0 saturated carbocycles. The lowest BCUT2D eigenvalue weighted by Gasteiger charge is -2.37. The Morgan fingerprint density at radius 1 is 0.882 bits per heavy atom. The summed E-state index contributed by atoms with van der Waals surface area (Å²) in [5, 5.41) is 0. The molecule has 3 unspecified atom stereocenters. The molecular weight excluding hydrogens is 339 g/mol. The zero-order chi connectivity index (χ0) is 13.7. The fourth-order valence-electron chi connectivity index (χ4n) is 1.15. The summed E-state index contributed by atoms with van der Waals surface area (Å²) in [6.07, 6.45) is 0. The first-order chi connectivity index (χ1) is 7.66. The molecule has 4 nitrogen and oxygen atoms in total. The number of hydrogen-bond acceptors (Lipinski definition) is 4. The van der Waals surface area contributed by atoms with Gasteiger partial charge < -0.3 is 17.5 Å². The van der Waals surface area contributed by atoms with E-state index in [2.05, 4.69) is 0 Å². The fourth-order valence-corrected chi connectivity index (χ4v) is 12.7. The lowest BCUT2D eigenvalue weighted by Crippen LogP contribution is -2.59. The molecule has 17 heavy (non-hydrogen) atoms.